The minimum absolute atomic E-state index is 0.0342. The highest BCUT2D eigenvalue weighted by molar-refractivity contribution is 6.00. The van der Waals surface area contributed by atoms with E-state index < -0.39 is 6.23 Å². The fourth-order valence-corrected chi connectivity index (χ4v) is 3.87. The van der Waals surface area contributed by atoms with E-state index in [9.17, 15) is 20.2 Å². The predicted molar refractivity (Wildman–Crippen MR) is 85.2 cm³/mol. The average molecular weight is 334 g/mol. The minimum Gasteiger partial charge on any atom is -0.504 e. The van der Waals surface area contributed by atoms with Crippen LogP contribution in [0.4, 0.5) is 5.69 Å². The number of methoxy groups -OCH3 is 1. The highest BCUT2D eigenvalue weighted by atomic mass is 16.5. The summed E-state index contributed by atoms with van der Waals surface area (Å²) >= 11 is 0. The van der Waals surface area contributed by atoms with Gasteiger partial charge in [-0.1, -0.05) is 0 Å². The molecule has 1 aromatic carbocycles. The van der Waals surface area contributed by atoms with Crippen molar-refractivity contribution >= 4 is 11.6 Å². The van der Waals surface area contributed by atoms with Crippen LogP contribution in [0.3, 0.4) is 0 Å². The van der Waals surface area contributed by atoms with Gasteiger partial charge in [0.2, 0.25) is 0 Å². The van der Waals surface area contributed by atoms with Crippen molar-refractivity contribution < 1.29 is 25.0 Å². The SMILES string of the molecule is COc1cc2c(cc1O)N(O)C(O)C1(CC1)CC1(CC1)CNC2=O. The molecule has 1 aromatic rings. The van der Waals surface area contributed by atoms with E-state index in [-0.39, 0.29) is 39.5 Å². The lowest BCUT2D eigenvalue weighted by Crippen LogP contribution is -2.44. The molecule has 24 heavy (non-hydrogen) atoms. The van der Waals surface area contributed by atoms with Crippen molar-refractivity contribution in [3.63, 3.8) is 0 Å². The number of anilines is 1. The summed E-state index contributed by atoms with van der Waals surface area (Å²) < 4.78 is 5.06. The van der Waals surface area contributed by atoms with Crippen molar-refractivity contribution in [2.45, 2.75) is 38.3 Å². The highest BCUT2D eigenvalue weighted by Crippen LogP contribution is 2.63. The number of ether oxygens (including phenoxy) is 1. The van der Waals surface area contributed by atoms with Crippen molar-refractivity contribution in [2.75, 3.05) is 18.7 Å². The molecule has 0 saturated heterocycles. The number of hydrogen-bond donors (Lipinski definition) is 4. The second-order valence-electron chi connectivity index (χ2n) is 7.48. The third-order valence-electron chi connectivity index (χ3n) is 5.77. The highest BCUT2D eigenvalue weighted by Gasteiger charge is 2.59. The van der Waals surface area contributed by atoms with Crippen LogP contribution in [0.15, 0.2) is 12.1 Å². The number of aliphatic hydroxyl groups excluding tert-OH is 1. The summed E-state index contributed by atoms with van der Waals surface area (Å²) in [6.45, 7) is 0.564. The van der Waals surface area contributed by atoms with Crippen LogP contribution in [-0.4, -0.2) is 41.2 Å². The molecule has 2 fully saturated rings. The molecule has 7 heteroatoms. The Bertz CT molecular complexity index is 696. The van der Waals surface area contributed by atoms with E-state index in [1.165, 1.54) is 19.2 Å². The zero-order chi connectivity index (χ0) is 17.1. The van der Waals surface area contributed by atoms with Crippen LogP contribution >= 0.6 is 0 Å². The standard InChI is InChI=1S/C17H22N2O5/c1-24-13-6-10-11(7-12(13)20)19(23)15(22)17(4-5-17)8-16(2-3-16)9-18-14(10)21/h6-7,15,20,22-23H,2-5,8-9H2,1H3,(H,18,21). The van der Waals surface area contributed by atoms with E-state index >= 15 is 0 Å². The van der Waals surface area contributed by atoms with Gasteiger partial charge in [-0.15, -0.1) is 0 Å². The van der Waals surface area contributed by atoms with E-state index in [1.54, 1.807) is 0 Å². The fourth-order valence-electron chi connectivity index (χ4n) is 3.87. The smallest absolute Gasteiger partial charge is 0.253 e. The zero-order valence-electron chi connectivity index (χ0n) is 13.6. The number of hydrogen-bond acceptors (Lipinski definition) is 6. The number of phenols is 1. The quantitative estimate of drug-likeness (QED) is 0.622. The van der Waals surface area contributed by atoms with Gasteiger partial charge in [0.05, 0.1) is 18.4 Å². The van der Waals surface area contributed by atoms with Gasteiger partial charge in [-0.2, -0.15) is 0 Å². The van der Waals surface area contributed by atoms with Gasteiger partial charge in [-0.25, -0.2) is 5.06 Å². The summed E-state index contributed by atoms with van der Waals surface area (Å²) in [4.78, 5) is 12.6. The first kappa shape index (κ1) is 15.5. The van der Waals surface area contributed by atoms with Crippen LogP contribution in [0, 0.1) is 10.8 Å². The number of aromatic hydroxyl groups is 1. The van der Waals surface area contributed by atoms with Gasteiger partial charge < -0.3 is 20.3 Å². The van der Waals surface area contributed by atoms with Gasteiger partial charge in [-0.05, 0) is 43.6 Å². The molecular weight excluding hydrogens is 312 g/mol. The molecule has 1 amide bonds. The van der Waals surface area contributed by atoms with E-state index in [0.29, 0.717) is 6.54 Å². The fraction of sp³-hybridized carbons (Fsp3) is 0.588. The van der Waals surface area contributed by atoms with Gasteiger partial charge in [0.15, 0.2) is 17.7 Å². The molecule has 3 aliphatic rings. The first-order valence-electron chi connectivity index (χ1n) is 8.25. The summed E-state index contributed by atoms with van der Waals surface area (Å²) in [6, 6.07) is 2.64. The Kier molecular flexibility index (Phi) is 3.24. The van der Waals surface area contributed by atoms with Crippen LogP contribution in [-0.2, 0) is 0 Å². The minimum atomic E-state index is -1.10. The Morgan fingerprint density at radius 2 is 2.00 bits per heavy atom. The summed E-state index contributed by atoms with van der Waals surface area (Å²) in [5.74, 6) is -0.408. The van der Waals surface area contributed by atoms with Gasteiger partial charge in [0.25, 0.3) is 5.91 Å². The second kappa shape index (κ2) is 5.00. The molecule has 0 radical (unpaired) electrons. The summed E-state index contributed by atoms with van der Waals surface area (Å²) in [5.41, 5.74) is -0.0666. The summed E-state index contributed by atoms with van der Waals surface area (Å²) in [5, 5.41) is 35.0. The molecule has 130 valence electrons. The third-order valence-corrected chi connectivity index (χ3v) is 5.77. The van der Waals surface area contributed by atoms with Gasteiger partial charge in [0, 0.05) is 18.0 Å². The number of carbonyl (C=O) groups excluding carboxylic acids is 1. The van der Waals surface area contributed by atoms with Crippen LogP contribution < -0.4 is 15.1 Å². The van der Waals surface area contributed by atoms with Crippen molar-refractivity contribution in [3.05, 3.63) is 17.7 Å². The summed E-state index contributed by atoms with van der Waals surface area (Å²) in [7, 11) is 1.39. The number of amides is 1. The molecule has 4 rings (SSSR count). The van der Waals surface area contributed by atoms with Gasteiger partial charge in [-0.3, -0.25) is 10.0 Å². The van der Waals surface area contributed by atoms with Gasteiger partial charge in [0.1, 0.15) is 0 Å². The molecule has 1 heterocycles. The third kappa shape index (κ3) is 2.31. The number of fused-ring (bicyclic) bond motifs is 1. The first-order chi connectivity index (χ1) is 11.4. The number of nitrogens with one attached hydrogen (secondary N) is 1. The largest absolute Gasteiger partial charge is 0.504 e. The molecule has 2 spiro atoms. The maximum atomic E-state index is 12.6. The number of rotatable bonds is 1. The molecule has 0 bridgehead atoms. The van der Waals surface area contributed by atoms with Crippen LogP contribution in [0.2, 0.25) is 0 Å². The Morgan fingerprint density at radius 3 is 2.58 bits per heavy atom. The maximum Gasteiger partial charge on any atom is 0.253 e. The number of carbonyl (C=O) groups is 1. The van der Waals surface area contributed by atoms with Crippen LogP contribution in [0.5, 0.6) is 11.5 Å². The van der Waals surface area contributed by atoms with Gasteiger partial charge >= 0.3 is 0 Å². The van der Waals surface area contributed by atoms with Crippen LogP contribution in [0.1, 0.15) is 42.5 Å². The number of hydroxylamine groups is 1. The average Bonchev–Trinajstić information content (AvgIpc) is 3.49. The maximum absolute atomic E-state index is 12.6. The molecule has 7 nitrogen and oxygen atoms in total. The predicted octanol–water partition coefficient (Wildman–Crippen LogP) is 1.61. The molecule has 2 saturated carbocycles. The zero-order valence-corrected chi connectivity index (χ0v) is 13.6. The Labute approximate surface area is 139 Å². The Hall–Kier alpha value is -1.99. The molecule has 4 N–H and O–H groups in total. The molecule has 0 aromatic heterocycles. The lowest BCUT2D eigenvalue weighted by Gasteiger charge is -2.35. The monoisotopic (exact) mass is 334 g/mol. The van der Waals surface area contributed by atoms with Crippen molar-refractivity contribution in [1.29, 1.82) is 0 Å². The van der Waals surface area contributed by atoms with E-state index in [4.69, 9.17) is 4.74 Å². The molecule has 2 aliphatic carbocycles. The number of benzene rings is 1. The number of phenolic OH excluding ortho intramolecular Hbond substituents is 1. The summed E-state index contributed by atoms with van der Waals surface area (Å²) in [6.07, 6.45) is 3.43. The Balaban J connectivity index is 1.80. The second-order valence-corrected chi connectivity index (χ2v) is 7.48. The first-order valence-corrected chi connectivity index (χ1v) is 8.25. The van der Waals surface area contributed by atoms with Crippen molar-refractivity contribution in [1.82, 2.24) is 5.32 Å². The van der Waals surface area contributed by atoms with E-state index in [0.717, 1.165) is 37.2 Å². The van der Waals surface area contributed by atoms with Crippen LogP contribution in [0.25, 0.3) is 0 Å². The number of aliphatic hydroxyl groups is 1. The topological polar surface area (TPSA) is 102 Å². The number of nitrogens with zero attached hydrogens (tertiary/aromatic N) is 1. The Morgan fingerprint density at radius 1 is 1.29 bits per heavy atom. The molecule has 1 aliphatic heterocycles. The van der Waals surface area contributed by atoms with Crippen molar-refractivity contribution in [3.8, 4) is 11.5 Å². The normalized spacial score (nSPS) is 26.7. The van der Waals surface area contributed by atoms with Crippen molar-refractivity contribution in [2.24, 2.45) is 10.8 Å². The van der Waals surface area contributed by atoms with E-state index in [2.05, 4.69) is 5.32 Å². The molecular formula is C17H22N2O5. The molecule has 1 atom stereocenters. The lowest BCUT2D eigenvalue weighted by molar-refractivity contribution is -0.000448. The van der Waals surface area contributed by atoms with E-state index in [1.807, 2.05) is 0 Å². The lowest BCUT2D eigenvalue weighted by atomic mass is 9.87. The molecule has 1 unspecified atom stereocenters.